The van der Waals surface area contributed by atoms with Crippen LogP contribution in [0.25, 0.3) is 0 Å². The molecule has 0 aliphatic carbocycles. The first-order chi connectivity index (χ1) is 4.83. The number of nitrogens with one attached hydrogen (secondary N) is 2. The van der Waals surface area contributed by atoms with Gasteiger partial charge in [-0.05, 0) is 5.56 Å². The molecule has 0 saturated heterocycles. The maximum absolute atomic E-state index is 10.5. The van der Waals surface area contributed by atoms with Gasteiger partial charge in [-0.15, -0.1) is 0 Å². The van der Waals surface area contributed by atoms with Crippen LogP contribution in [-0.4, -0.2) is 4.98 Å². The summed E-state index contributed by atoms with van der Waals surface area (Å²) in [6, 6.07) is 3.12. The molecule has 10 heavy (non-hydrogen) atoms. The highest BCUT2D eigenvalue weighted by Gasteiger charge is 1.87. The SMILES string of the molecule is [C]NCc1ccc(=O)[nH]c1. The van der Waals surface area contributed by atoms with E-state index in [1.54, 1.807) is 12.3 Å². The molecule has 51 valence electrons. The fourth-order valence-electron chi connectivity index (χ4n) is 0.655. The zero-order valence-electron chi connectivity index (χ0n) is 5.35. The lowest BCUT2D eigenvalue weighted by atomic mass is 10.3. The standard InChI is InChI=1S/C7H7N2O/c1-8-4-6-2-3-7(10)9-5-6/h2-3,5,8H,4H2,(H,9,10). The Labute approximate surface area is 59.1 Å². The van der Waals surface area contributed by atoms with E-state index < -0.39 is 0 Å². The highest BCUT2D eigenvalue weighted by atomic mass is 16.1. The van der Waals surface area contributed by atoms with Crippen LogP contribution in [0, 0.1) is 7.05 Å². The molecule has 0 atom stereocenters. The van der Waals surface area contributed by atoms with Gasteiger partial charge in [-0.1, -0.05) is 6.07 Å². The second-order valence-corrected chi connectivity index (χ2v) is 1.91. The van der Waals surface area contributed by atoms with Gasteiger partial charge >= 0.3 is 0 Å². The van der Waals surface area contributed by atoms with Crippen LogP contribution >= 0.6 is 0 Å². The maximum Gasteiger partial charge on any atom is 0.247 e. The summed E-state index contributed by atoms with van der Waals surface area (Å²) in [5, 5.41) is 2.23. The first kappa shape index (κ1) is 7.02. The van der Waals surface area contributed by atoms with Crippen LogP contribution in [0.3, 0.4) is 0 Å². The van der Waals surface area contributed by atoms with E-state index in [4.69, 9.17) is 7.05 Å². The van der Waals surface area contributed by atoms with Crippen molar-refractivity contribution in [2.45, 2.75) is 6.54 Å². The van der Waals surface area contributed by atoms with Crippen molar-refractivity contribution in [3.8, 4) is 0 Å². The van der Waals surface area contributed by atoms with Gasteiger partial charge in [-0.2, -0.15) is 0 Å². The van der Waals surface area contributed by atoms with Crippen molar-refractivity contribution in [2.75, 3.05) is 0 Å². The molecule has 0 amide bonds. The van der Waals surface area contributed by atoms with E-state index in [1.807, 2.05) is 0 Å². The highest BCUT2D eigenvalue weighted by Crippen LogP contribution is 1.89. The van der Waals surface area contributed by atoms with E-state index in [2.05, 4.69) is 10.3 Å². The quantitative estimate of drug-likeness (QED) is 0.600. The van der Waals surface area contributed by atoms with Crippen LogP contribution in [0.2, 0.25) is 0 Å². The molecule has 3 heteroatoms. The monoisotopic (exact) mass is 135 g/mol. The number of hydrogen-bond acceptors (Lipinski definition) is 2. The lowest BCUT2D eigenvalue weighted by Crippen LogP contribution is -2.07. The van der Waals surface area contributed by atoms with Gasteiger partial charge in [-0.25, -0.2) is 0 Å². The summed E-state index contributed by atoms with van der Waals surface area (Å²) in [7, 11) is 6.65. The van der Waals surface area contributed by atoms with Crippen LogP contribution in [0.1, 0.15) is 5.56 Å². The number of hydrogen-bond donors (Lipinski definition) is 2. The summed E-state index contributed by atoms with van der Waals surface area (Å²) in [6.07, 6.45) is 1.59. The predicted octanol–water partition coefficient (Wildman–Crippen LogP) is 0.0101. The van der Waals surface area contributed by atoms with Crippen LogP contribution in [0.5, 0.6) is 0 Å². The molecule has 0 aromatic carbocycles. The molecule has 3 radical (unpaired) electrons. The second kappa shape index (κ2) is 3.17. The van der Waals surface area contributed by atoms with Crippen molar-refractivity contribution in [1.29, 1.82) is 0 Å². The Morgan fingerprint density at radius 3 is 2.90 bits per heavy atom. The van der Waals surface area contributed by atoms with E-state index in [-0.39, 0.29) is 5.56 Å². The molecule has 3 nitrogen and oxygen atoms in total. The molecule has 0 aliphatic rings. The number of aromatic amines is 1. The Bertz CT molecular complexity index is 234. The van der Waals surface area contributed by atoms with Crippen molar-refractivity contribution in [1.82, 2.24) is 10.3 Å². The molecule has 0 spiro atoms. The summed E-state index contributed by atoms with van der Waals surface area (Å²) >= 11 is 0. The Hall–Kier alpha value is -1.09. The molecule has 1 aromatic rings. The van der Waals surface area contributed by atoms with Gasteiger partial charge in [0.05, 0.1) is 7.05 Å². The van der Waals surface area contributed by atoms with Crippen molar-refractivity contribution in [2.24, 2.45) is 0 Å². The van der Waals surface area contributed by atoms with E-state index in [9.17, 15) is 4.79 Å². The molecular formula is C7H7N2O. The minimum atomic E-state index is -0.117. The average molecular weight is 135 g/mol. The number of pyridine rings is 1. The van der Waals surface area contributed by atoms with Crippen LogP contribution < -0.4 is 10.9 Å². The van der Waals surface area contributed by atoms with Crippen molar-refractivity contribution in [3.63, 3.8) is 0 Å². The van der Waals surface area contributed by atoms with Crippen LogP contribution in [-0.2, 0) is 6.54 Å². The molecular weight excluding hydrogens is 128 g/mol. The molecule has 1 rings (SSSR count). The summed E-state index contributed by atoms with van der Waals surface area (Å²) < 4.78 is 0. The summed E-state index contributed by atoms with van der Waals surface area (Å²) in [6.45, 7) is 0.455. The minimum absolute atomic E-state index is 0.117. The lowest BCUT2D eigenvalue weighted by Gasteiger charge is -1.95. The third-order valence-corrected chi connectivity index (χ3v) is 1.14. The predicted molar refractivity (Wildman–Crippen MR) is 37.1 cm³/mol. The smallest absolute Gasteiger partial charge is 0.247 e. The fourth-order valence-corrected chi connectivity index (χ4v) is 0.655. The Morgan fingerprint density at radius 1 is 1.60 bits per heavy atom. The third kappa shape index (κ3) is 1.70. The van der Waals surface area contributed by atoms with Gasteiger partial charge in [0.25, 0.3) is 0 Å². The summed E-state index contributed by atoms with van der Waals surface area (Å²) in [5.41, 5.74) is 0.781. The number of rotatable bonds is 2. The zero-order valence-corrected chi connectivity index (χ0v) is 5.35. The van der Waals surface area contributed by atoms with E-state index in [0.717, 1.165) is 5.56 Å². The molecule has 0 fully saturated rings. The minimum Gasteiger partial charge on any atom is -0.329 e. The van der Waals surface area contributed by atoms with Gasteiger partial charge in [0.1, 0.15) is 0 Å². The van der Waals surface area contributed by atoms with Crippen LogP contribution in [0.15, 0.2) is 23.1 Å². The van der Waals surface area contributed by atoms with E-state index in [1.165, 1.54) is 6.07 Å². The number of H-pyrrole nitrogens is 1. The first-order valence-electron chi connectivity index (χ1n) is 2.90. The van der Waals surface area contributed by atoms with Crippen LogP contribution in [0.4, 0.5) is 0 Å². The molecule has 1 aromatic heterocycles. The molecule has 1 heterocycles. The Morgan fingerprint density at radius 2 is 2.40 bits per heavy atom. The molecule has 2 N–H and O–H groups in total. The van der Waals surface area contributed by atoms with Gasteiger partial charge in [0, 0.05) is 18.8 Å². The second-order valence-electron chi connectivity index (χ2n) is 1.91. The highest BCUT2D eigenvalue weighted by molar-refractivity contribution is 5.07. The average Bonchev–Trinajstić information content (AvgIpc) is 1.95. The first-order valence-corrected chi connectivity index (χ1v) is 2.90. The summed E-state index contributed by atoms with van der Waals surface area (Å²) in [4.78, 5) is 13.0. The molecule has 0 bridgehead atoms. The summed E-state index contributed by atoms with van der Waals surface area (Å²) in [5.74, 6) is 0. The van der Waals surface area contributed by atoms with Crippen molar-refractivity contribution in [3.05, 3.63) is 41.3 Å². The topological polar surface area (TPSA) is 44.9 Å². The van der Waals surface area contributed by atoms with E-state index >= 15 is 0 Å². The maximum atomic E-state index is 10.5. The normalized spacial score (nSPS) is 9.70. The zero-order chi connectivity index (χ0) is 7.40. The number of aromatic nitrogens is 1. The largest absolute Gasteiger partial charge is 0.329 e. The fraction of sp³-hybridized carbons (Fsp3) is 0.143. The molecule has 0 saturated carbocycles. The van der Waals surface area contributed by atoms with E-state index in [0.29, 0.717) is 6.54 Å². The van der Waals surface area contributed by atoms with Gasteiger partial charge in [0.15, 0.2) is 0 Å². The third-order valence-electron chi connectivity index (χ3n) is 1.14. The molecule has 0 unspecified atom stereocenters. The van der Waals surface area contributed by atoms with Crippen molar-refractivity contribution < 1.29 is 0 Å². The Kier molecular flexibility index (Phi) is 2.23. The Balaban J connectivity index is 2.79. The lowest BCUT2D eigenvalue weighted by molar-refractivity contribution is 0.858. The van der Waals surface area contributed by atoms with Gasteiger partial charge in [-0.3, -0.25) is 4.79 Å². The van der Waals surface area contributed by atoms with Gasteiger partial charge in [0.2, 0.25) is 5.56 Å². The van der Waals surface area contributed by atoms with Gasteiger partial charge < -0.3 is 10.3 Å². The molecule has 0 aliphatic heterocycles. The van der Waals surface area contributed by atoms with Crippen molar-refractivity contribution >= 4 is 0 Å².